The van der Waals surface area contributed by atoms with Crippen molar-refractivity contribution >= 4 is 5.91 Å². The van der Waals surface area contributed by atoms with Gasteiger partial charge in [0.05, 0.1) is 0 Å². The van der Waals surface area contributed by atoms with Gasteiger partial charge in [-0.3, -0.25) is 4.79 Å². The summed E-state index contributed by atoms with van der Waals surface area (Å²) in [7, 11) is 1.63. The van der Waals surface area contributed by atoms with Crippen LogP contribution in [0.15, 0.2) is 0 Å². The van der Waals surface area contributed by atoms with Gasteiger partial charge in [-0.25, -0.2) is 0 Å². The van der Waals surface area contributed by atoms with Gasteiger partial charge in [0.1, 0.15) is 0 Å². The Kier molecular flexibility index (Phi) is 5.66. The van der Waals surface area contributed by atoms with E-state index in [1.165, 1.54) is 0 Å². The van der Waals surface area contributed by atoms with E-state index in [1.54, 1.807) is 7.11 Å². The number of methoxy groups -OCH3 is 1. The molecule has 13 heavy (non-hydrogen) atoms. The molecule has 78 valence electrons. The van der Waals surface area contributed by atoms with Crippen molar-refractivity contribution < 1.29 is 9.53 Å². The SMILES string of the molecule is COCCCC(=O)NC(C)(C)CN. The first kappa shape index (κ1) is 12.4. The normalized spacial score (nSPS) is 11.4. The van der Waals surface area contributed by atoms with Crippen LogP contribution in [-0.2, 0) is 9.53 Å². The lowest BCUT2D eigenvalue weighted by Crippen LogP contribution is -2.48. The molecular weight excluding hydrogens is 168 g/mol. The van der Waals surface area contributed by atoms with Gasteiger partial charge in [0.2, 0.25) is 5.91 Å². The summed E-state index contributed by atoms with van der Waals surface area (Å²) < 4.78 is 4.84. The Labute approximate surface area is 79.8 Å². The lowest BCUT2D eigenvalue weighted by molar-refractivity contribution is -0.122. The van der Waals surface area contributed by atoms with Gasteiger partial charge >= 0.3 is 0 Å². The van der Waals surface area contributed by atoms with E-state index in [4.69, 9.17) is 10.5 Å². The quantitative estimate of drug-likeness (QED) is 0.588. The van der Waals surface area contributed by atoms with E-state index in [-0.39, 0.29) is 11.4 Å². The maximum absolute atomic E-state index is 11.3. The molecular formula is C9H20N2O2. The Morgan fingerprint density at radius 2 is 2.15 bits per heavy atom. The monoisotopic (exact) mass is 188 g/mol. The van der Waals surface area contributed by atoms with Crippen molar-refractivity contribution in [2.75, 3.05) is 20.3 Å². The number of nitrogens with two attached hydrogens (primary N) is 1. The highest BCUT2D eigenvalue weighted by atomic mass is 16.5. The molecule has 0 saturated carbocycles. The van der Waals surface area contributed by atoms with Crippen molar-refractivity contribution in [2.45, 2.75) is 32.2 Å². The van der Waals surface area contributed by atoms with Crippen LogP contribution in [0.25, 0.3) is 0 Å². The van der Waals surface area contributed by atoms with Crippen molar-refractivity contribution in [1.82, 2.24) is 5.32 Å². The number of hydrogen-bond donors (Lipinski definition) is 2. The fraction of sp³-hybridized carbons (Fsp3) is 0.889. The molecule has 1 amide bonds. The Morgan fingerprint density at radius 1 is 1.54 bits per heavy atom. The molecule has 0 rings (SSSR count). The first-order chi connectivity index (χ1) is 6.02. The van der Waals surface area contributed by atoms with Crippen LogP contribution in [0.1, 0.15) is 26.7 Å². The second-order valence-electron chi connectivity index (χ2n) is 3.73. The molecule has 0 atom stereocenters. The smallest absolute Gasteiger partial charge is 0.220 e. The molecule has 0 saturated heterocycles. The summed E-state index contributed by atoms with van der Waals surface area (Å²) in [5, 5.41) is 2.85. The number of rotatable bonds is 6. The number of ether oxygens (including phenoxy) is 1. The fourth-order valence-electron chi connectivity index (χ4n) is 0.868. The van der Waals surface area contributed by atoms with Gasteiger partial charge in [-0.2, -0.15) is 0 Å². The van der Waals surface area contributed by atoms with E-state index in [2.05, 4.69) is 5.32 Å². The lowest BCUT2D eigenvalue weighted by Gasteiger charge is -2.24. The molecule has 0 aliphatic heterocycles. The summed E-state index contributed by atoms with van der Waals surface area (Å²) in [6.07, 6.45) is 1.25. The lowest BCUT2D eigenvalue weighted by atomic mass is 10.1. The van der Waals surface area contributed by atoms with Crippen LogP contribution in [0.4, 0.5) is 0 Å². The van der Waals surface area contributed by atoms with Crippen molar-refractivity contribution in [1.29, 1.82) is 0 Å². The third-order valence-corrected chi connectivity index (χ3v) is 1.74. The maximum Gasteiger partial charge on any atom is 0.220 e. The molecule has 0 unspecified atom stereocenters. The van der Waals surface area contributed by atoms with Crippen LogP contribution >= 0.6 is 0 Å². The van der Waals surface area contributed by atoms with Gasteiger partial charge in [0, 0.05) is 32.2 Å². The van der Waals surface area contributed by atoms with E-state index in [1.807, 2.05) is 13.8 Å². The molecule has 3 N–H and O–H groups in total. The minimum Gasteiger partial charge on any atom is -0.385 e. The van der Waals surface area contributed by atoms with Crippen LogP contribution in [0.5, 0.6) is 0 Å². The van der Waals surface area contributed by atoms with Gasteiger partial charge in [-0.15, -0.1) is 0 Å². The second-order valence-corrected chi connectivity index (χ2v) is 3.73. The number of nitrogens with one attached hydrogen (secondary N) is 1. The van der Waals surface area contributed by atoms with Gasteiger partial charge < -0.3 is 15.8 Å². The standard InChI is InChI=1S/C9H20N2O2/c1-9(2,7-10)11-8(12)5-4-6-13-3/h4-7,10H2,1-3H3,(H,11,12). The maximum atomic E-state index is 11.3. The van der Waals surface area contributed by atoms with Crippen LogP contribution in [0.2, 0.25) is 0 Å². The summed E-state index contributed by atoms with van der Waals surface area (Å²) >= 11 is 0. The molecule has 0 aliphatic carbocycles. The highest BCUT2D eigenvalue weighted by Gasteiger charge is 2.17. The molecule has 0 heterocycles. The van der Waals surface area contributed by atoms with E-state index in [0.29, 0.717) is 19.6 Å². The van der Waals surface area contributed by atoms with E-state index in [9.17, 15) is 4.79 Å². The predicted molar refractivity (Wildman–Crippen MR) is 52.4 cm³/mol. The van der Waals surface area contributed by atoms with Crippen LogP contribution in [0, 0.1) is 0 Å². The molecule has 0 aromatic rings. The van der Waals surface area contributed by atoms with Crippen molar-refractivity contribution in [3.63, 3.8) is 0 Å². The summed E-state index contributed by atoms with van der Waals surface area (Å²) in [4.78, 5) is 11.3. The van der Waals surface area contributed by atoms with Gasteiger partial charge in [-0.05, 0) is 20.3 Å². The van der Waals surface area contributed by atoms with E-state index in [0.717, 1.165) is 6.42 Å². The molecule has 0 aliphatic rings. The average molecular weight is 188 g/mol. The van der Waals surface area contributed by atoms with Crippen molar-refractivity contribution in [2.24, 2.45) is 5.73 Å². The Hall–Kier alpha value is -0.610. The van der Waals surface area contributed by atoms with Gasteiger partial charge in [0.25, 0.3) is 0 Å². The highest BCUT2D eigenvalue weighted by molar-refractivity contribution is 5.76. The molecule has 4 heteroatoms. The Bertz CT molecular complexity index is 158. The number of amides is 1. The molecule has 0 spiro atoms. The molecule has 4 nitrogen and oxygen atoms in total. The fourth-order valence-corrected chi connectivity index (χ4v) is 0.868. The third kappa shape index (κ3) is 6.54. The predicted octanol–water partition coefficient (Wildman–Crippen LogP) is 0.267. The Balaban J connectivity index is 3.62. The van der Waals surface area contributed by atoms with Crippen molar-refractivity contribution in [3.05, 3.63) is 0 Å². The highest BCUT2D eigenvalue weighted by Crippen LogP contribution is 2.00. The largest absolute Gasteiger partial charge is 0.385 e. The van der Waals surface area contributed by atoms with Gasteiger partial charge in [-0.1, -0.05) is 0 Å². The third-order valence-electron chi connectivity index (χ3n) is 1.74. The summed E-state index contributed by atoms with van der Waals surface area (Å²) in [5.41, 5.74) is 5.17. The first-order valence-electron chi connectivity index (χ1n) is 4.52. The van der Waals surface area contributed by atoms with Gasteiger partial charge in [0.15, 0.2) is 0 Å². The molecule has 0 aromatic heterocycles. The van der Waals surface area contributed by atoms with Crippen molar-refractivity contribution in [3.8, 4) is 0 Å². The average Bonchev–Trinajstić information content (AvgIpc) is 2.04. The number of carbonyl (C=O) groups is 1. The number of hydrogen-bond acceptors (Lipinski definition) is 3. The summed E-state index contributed by atoms with van der Waals surface area (Å²) in [6.45, 7) is 4.88. The van der Waals surface area contributed by atoms with Crippen LogP contribution in [0.3, 0.4) is 0 Å². The second kappa shape index (κ2) is 5.94. The van der Waals surface area contributed by atoms with E-state index < -0.39 is 0 Å². The first-order valence-corrected chi connectivity index (χ1v) is 4.52. The van der Waals surface area contributed by atoms with Crippen LogP contribution in [-0.4, -0.2) is 31.7 Å². The summed E-state index contributed by atoms with van der Waals surface area (Å²) in [5.74, 6) is 0.0347. The van der Waals surface area contributed by atoms with Crippen LogP contribution < -0.4 is 11.1 Å². The molecule has 0 radical (unpaired) electrons. The minimum atomic E-state index is -0.301. The zero-order valence-corrected chi connectivity index (χ0v) is 8.72. The zero-order valence-electron chi connectivity index (χ0n) is 8.72. The molecule has 0 bridgehead atoms. The Morgan fingerprint density at radius 3 is 2.62 bits per heavy atom. The molecule has 0 aromatic carbocycles. The molecule has 0 fully saturated rings. The topological polar surface area (TPSA) is 64.3 Å². The zero-order chi connectivity index (χ0) is 10.3. The van der Waals surface area contributed by atoms with E-state index >= 15 is 0 Å². The number of carbonyl (C=O) groups excluding carboxylic acids is 1. The minimum absolute atomic E-state index is 0.0347. The summed E-state index contributed by atoms with van der Waals surface area (Å²) in [6, 6.07) is 0.